The van der Waals surface area contributed by atoms with E-state index in [1.165, 1.54) is 12.1 Å². The highest BCUT2D eigenvalue weighted by Crippen LogP contribution is 2.17. The Balaban J connectivity index is 2.08. The molecule has 1 N–H and O–H groups in total. The molecule has 2 aromatic carbocycles. The first-order valence-electron chi connectivity index (χ1n) is 5.95. The molecular formula is C15H12BrClFNO. The van der Waals surface area contributed by atoms with E-state index in [1.54, 1.807) is 12.1 Å². The minimum absolute atomic E-state index is 0.0513. The van der Waals surface area contributed by atoms with Crippen molar-refractivity contribution in [2.75, 3.05) is 0 Å². The van der Waals surface area contributed by atoms with Gasteiger partial charge in [0.2, 0.25) is 0 Å². The van der Waals surface area contributed by atoms with E-state index in [1.807, 2.05) is 19.1 Å². The zero-order valence-electron chi connectivity index (χ0n) is 10.7. The first-order chi connectivity index (χ1) is 9.47. The number of aryl methyl sites for hydroxylation is 1. The van der Waals surface area contributed by atoms with Crippen LogP contribution in [0.25, 0.3) is 0 Å². The van der Waals surface area contributed by atoms with Crippen LogP contribution in [0.1, 0.15) is 21.5 Å². The zero-order chi connectivity index (χ0) is 14.7. The lowest BCUT2D eigenvalue weighted by atomic mass is 10.1. The summed E-state index contributed by atoms with van der Waals surface area (Å²) < 4.78 is 13.9. The second-order valence-electron chi connectivity index (χ2n) is 4.39. The lowest BCUT2D eigenvalue weighted by Gasteiger charge is -2.09. The van der Waals surface area contributed by atoms with Gasteiger partial charge in [-0.25, -0.2) is 4.39 Å². The van der Waals surface area contributed by atoms with Gasteiger partial charge in [-0.15, -0.1) is 0 Å². The van der Waals surface area contributed by atoms with E-state index < -0.39 is 5.82 Å². The Hall–Kier alpha value is -1.39. The fourth-order valence-electron chi connectivity index (χ4n) is 1.77. The maximum atomic E-state index is 13.0. The summed E-state index contributed by atoms with van der Waals surface area (Å²) in [6.45, 7) is 2.17. The van der Waals surface area contributed by atoms with E-state index in [0.717, 1.165) is 15.6 Å². The van der Waals surface area contributed by atoms with E-state index >= 15 is 0 Å². The van der Waals surface area contributed by atoms with Gasteiger partial charge in [0.15, 0.2) is 0 Å². The van der Waals surface area contributed by atoms with Crippen LogP contribution >= 0.6 is 27.5 Å². The zero-order valence-corrected chi connectivity index (χ0v) is 13.1. The first-order valence-corrected chi connectivity index (χ1v) is 7.13. The maximum absolute atomic E-state index is 13.0. The normalized spacial score (nSPS) is 10.4. The summed E-state index contributed by atoms with van der Waals surface area (Å²) in [5, 5.41) is 2.84. The van der Waals surface area contributed by atoms with Crippen LogP contribution in [-0.4, -0.2) is 5.91 Å². The van der Waals surface area contributed by atoms with Crippen LogP contribution in [0.5, 0.6) is 0 Å². The van der Waals surface area contributed by atoms with Crippen molar-refractivity contribution in [1.29, 1.82) is 0 Å². The van der Waals surface area contributed by atoms with Crippen molar-refractivity contribution in [3.63, 3.8) is 0 Å². The van der Waals surface area contributed by atoms with E-state index in [2.05, 4.69) is 21.2 Å². The van der Waals surface area contributed by atoms with E-state index in [-0.39, 0.29) is 10.9 Å². The molecule has 0 saturated carbocycles. The molecule has 0 aromatic heterocycles. The van der Waals surface area contributed by atoms with Crippen LogP contribution in [-0.2, 0) is 6.54 Å². The Kier molecular flexibility index (Phi) is 4.78. The summed E-state index contributed by atoms with van der Waals surface area (Å²) in [6, 6.07) is 9.90. The summed E-state index contributed by atoms with van der Waals surface area (Å²) in [6.07, 6.45) is 0. The van der Waals surface area contributed by atoms with Gasteiger partial charge in [-0.3, -0.25) is 4.79 Å². The molecule has 0 saturated heterocycles. The van der Waals surface area contributed by atoms with E-state index in [4.69, 9.17) is 11.6 Å². The van der Waals surface area contributed by atoms with Gasteiger partial charge in [0, 0.05) is 16.6 Å². The molecular weight excluding hydrogens is 345 g/mol. The SMILES string of the molecule is Cc1ccc(Br)cc1C(=O)NCc1ccc(F)c(Cl)c1. The lowest BCUT2D eigenvalue weighted by molar-refractivity contribution is 0.0950. The highest BCUT2D eigenvalue weighted by atomic mass is 79.9. The van der Waals surface area contributed by atoms with Gasteiger partial charge in [-0.1, -0.05) is 39.7 Å². The van der Waals surface area contributed by atoms with Crippen molar-refractivity contribution in [3.8, 4) is 0 Å². The monoisotopic (exact) mass is 355 g/mol. The first kappa shape index (κ1) is 15.0. The van der Waals surface area contributed by atoms with Crippen LogP contribution in [0.15, 0.2) is 40.9 Å². The van der Waals surface area contributed by atoms with Crippen LogP contribution in [0, 0.1) is 12.7 Å². The van der Waals surface area contributed by atoms with E-state index in [0.29, 0.717) is 12.1 Å². The molecule has 20 heavy (non-hydrogen) atoms. The van der Waals surface area contributed by atoms with Crippen molar-refractivity contribution >= 4 is 33.4 Å². The Labute approximate surface area is 130 Å². The average Bonchev–Trinajstić information content (AvgIpc) is 2.42. The highest BCUT2D eigenvalue weighted by Gasteiger charge is 2.09. The number of amides is 1. The molecule has 2 rings (SSSR count). The predicted molar refractivity (Wildman–Crippen MR) is 81.5 cm³/mol. The van der Waals surface area contributed by atoms with Crippen molar-refractivity contribution in [1.82, 2.24) is 5.32 Å². The minimum Gasteiger partial charge on any atom is -0.348 e. The van der Waals surface area contributed by atoms with Crippen LogP contribution in [0.2, 0.25) is 5.02 Å². The molecule has 0 aliphatic rings. The van der Waals surface area contributed by atoms with Gasteiger partial charge < -0.3 is 5.32 Å². The Morgan fingerprint density at radius 3 is 2.75 bits per heavy atom. The largest absolute Gasteiger partial charge is 0.348 e. The number of carbonyl (C=O) groups is 1. The van der Waals surface area contributed by atoms with E-state index in [9.17, 15) is 9.18 Å². The Morgan fingerprint density at radius 2 is 2.05 bits per heavy atom. The van der Waals surface area contributed by atoms with Crippen LogP contribution in [0.3, 0.4) is 0 Å². The summed E-state index contributed by atoms with van der Waals surface area (Å²) in [7, 11) is 0. The van der Waals surface area contributed by atoms with Gasteiger partial charge in [0.05, 0.1) is 5.02 Å². The topological polar surface area (TPSA) is 29.1 Å². The average molecular weight is 357 g/mol. The fraction of sp³-hybridized carbons (Fsp3) is 0.133. The van der Waals surface area contributed by atoms with Gasteiger partial charge >= 0.3 is 0 Å². The van der Waals surface area contributed by atoms with Gasteiger partial charge in [0.1, 0.15) is 5.82 Å². The molecule has 104 valence electrons. The Morgan fingerprint density at radius 1 is 1.30 bits per heavy atom. The molecule has 2 aromatic rings. The molecule has 0 heterocycles. The fourth-order valence-corrected chi connectivity index (χ4v) is 2.33. The highest BCUT2D eigenvalue weighted by molar-refractivity contribution is 9.10. The second-order valence-corrected chi connectivity index (χ2v) is 5.71. The molecule has 0 spiro atoms. The van der Waals surface area contributed by atoms with Crippen molar-refractivity contribution in [2.24, 2.45) is 0 Å². The van der Waals surface area contributed by atoms with Crippen LogP contribution in [0.4, 0.5) is 4.39 Å². The number of halogens is 3. The number of carbonyl (C=O) groups excluding carboxylic acids is 1. The lowest BCUT2D eigenvalue weighted by Crippen LogP contribution is -2.23. The van der Waals surface area contributed by atoms with Gasteiger partial charge in [0.25, 0.3) is 5.91 Å². The molecule has 0 aliphatic carbocycles. The third-order valence-electron chi connectivity index (χ3n) is 2.88. The molecule has 0 atom stereocenters. The number of benzene rings is 2. The molecule has 0 radical (unpaired) electrons. The minimum atomic E-state index is -0.468. The number of rotatable bonds is 3. The molecule has 0 bridgehead atoms. The maximum Gasteiger partial charge on any atom is 0.251 e. The number of hydrogen-bond acceptors (Lipinski definition) is 1. The smallest absolute Gasteiger partial charge is 0.251 e. The number of hydrogen-bond donors (Lipinski definition) is 1. The molecule has 0 aliphatic heterocycles. The predicted octanol–water partition coefficient (Wildman–Crippen LogP) is 4.48. The summed E-state index contributed by atoms with van der Waals surface area (Å²) in [5.74, 6) is -0.645. The summed E-state index contributed by atoms with van der Waals surface area (Å²) in [5.41, 5.74) is 2.24. The third-order valence-corrected chi connectivity index (χ3v) is 3.66. The molecule has 5 heteroatoms. The van der Waals surface area contributed by atoms with Gasteiger partial charge in [-0.2, -0.15) is 0 Å². The summed E-state index contributed by atoms with van der Waals surface area (Å²) >= 11 is 9.04. The number of nitrogens with one attached hydrogen (secondary N) is 1. The van der Waals surface area contributed by atoms with Gasteiger partial charge in [-0.05, 0) is 42.3 Å². The van der Waals surface area contributed by atoms with Crippen LogP contribution < -0.4 is 5.32 Å². The standard InChI is InChI=1S/C15H12BrClFNO/c1-9-2-4-11(16)7-12(9)15(20)19-8-10-3-5-14(18)13(17)6-10/h2-7H,8H2,1H3,(H,19,20). The van der Waals surface area contributed by atoms with Crippen molar-refractivity contribution < 1.29 is 9.18 Å². The molecule has 0 fully saturated rings. The quantitative estimate of drug-likeness (QED) is 0.863. The molecule has 2 nitrogen and oxygen atoms in total. The third kappa shape index (κ3) is 3.58. The Bertz CT molecular complexity index is 660. The van der Waals surface area contributed by atoms with Crippen molar-refractivity contribution in [3.05, 3.63) is 68.4 Å². The summed E-state index contributed by atoms with van der Waals surface area (Å²) in [4.78, 5) is 12.1. The van der Waals surface area contributed by atoms with Crippen molar-refractivity contribution in [2.45, 2.75) is 13.5 Å². The molecule has 0 unspecified atom stereocenters. The second kappa shape index (κ2) is 6.37. The molecule has 1 amide bonds.